The van der Waals surface area contributed by atoms with Crippen molar-refractivity contribution in [3.8, 4) is 0 Å². The molecule has 1 heterocycles. The molecule has 1 aromatic heterocycles. The molecule has 0 spiro atoms. The lowest BCUT2D eigenvalue weighted by atomic mass is 10.1. The maximum Gasteiger partial charge on any atom is 0.416 e. The number of aromatic nitrogens is 1. The Morgan fingerprint density at radius 1 is 1.39 bits per heavy atom. The molecule has 100 valence electrons. The summed E-state index contributed by atoms with van der Waals surface area (Å²) in [5.74, 6) is -1.38. The quantitative estimate of drug-likeness (QED) is 0.754. The van der Waals surface area contributed by atoms with Crippen molar-refractivity contribution in [1.29, 1.82) is 0 Å². The number of rotatable bonds is 4. The zero-order valence-corrected chi connectivity index (χ0v) is 8.92. The molecule has 0 bridgehead atoms. The summed E-state index contributed by atoms with van der Waals surface area (Å²) < 4.78 is 37.1. The van der Waals surface area contributed by atoms with E-state index in [0.29, 0.717) is 12.1 Å². The van der Waals surface area contributed by atoms with Gasteiger partial charge in [-0.25, -0.2) is 0 Å². The Morgan fingerprint density at radius 2 is 2.00 bits per heavy atom. The smallest absolute Gasteiger partial charge is 0.416 e. The van der Waals surface area contributed by atoms with E-state index in [1.165, 1.54) is 0 Å². The molecule has 0 radical (unpaired) electrons. The number of carbonyl (C=O) groups is 1. The van der Waals surface area contributed by atoms with E-state index < -0.39 is 42.0 Å². The van der Waals surface area contributed by atoms with E-state index in [9.17, 15) is 28.2 Å². The number of hydrogen-bond donors (Lipinski definition) is 3. The third-order valence-electron chi connectivity index (χ3n) is 2.16. The maximum absolute atomic E-state index is 12.4. The average Bonchev–Trinajstić information content (AvgIpc) is 2.26. The first-order chi connectivity index (χ1) is 8.21. The molecule has 0 aliphatic heterocycles. The molecule has 0 aliphatic rings. The average molecular weight is 265 g/mol. The van der Waals surface area contributed by atoms with Crippen LogP contribution in [0.25, 0.3) is 0 Å². The van der Waals surface area contributed by atoms with Crippen molar-refractivity contribution < 1.29 is 33.3 Å². The first-order valence-corrected chi connectivity index (χ1v) is 4.83. The molecular weight excluding hydrogens is 255 g/mol. The summed E-state index contributed by atoms with van der Waals surface area (Å²) in [5, 5.41) is 27.2. The van der Waals surface area contributed by atoms with Crippen LogP contribution in [0.2, 0.25) is 0 Å². The molecule has 1 rings (SSSR count). The molecule has 2 unspecified atom stereocenters. The summed E-state index contributed by atoms with van der Waals surface area (Å²) in [6, 6.07) is 1.27. The Kier molecular flexibility index (Phi) is 4.25. The largest absolute Gasteiger partial charge is 0.481 e. The Morgan fingerprint density at radius 3 is 2.50 bits per heavy atom. The highest BCUT2D eigenvalue weighted by Gasteiger charge is 2.32. The van der Waals surface area contributed by atoms with Crippen LogP contribution in [0.3, 0.4) is 0 Å². The van der Waals surface area contributed by atoms with Gasteiger partial charge in [0.2, 0.25) is 0 Å². The summed E-state index contributed by atoms with van der Waals surface area (Å²) in [7, 11) is 0. The van der Waals surface area contributed by atoms with Crippen LogP contribution in [0.5, 0.6) is 0 Å². The Balaban J connectivity index is 2.93. The van der Waals surface area contributed by atoms with Gasteiger partial charge in [-0.05, 0) is 12.1 Å². The number of hydrogen-bond acceptors (Lipinski definition) is 4. The van der Waals surface area contributed by atoms with Gasteiger partial charge < -0.3 is 15.3 Å². The summed E-state index contributed by atoms with van der Waals surface area (Å²) in [5.41, 5.74) is -1.47. The van der Waals surface area contributed by atoms with Crippen LogP contribution in [0.1, 0.15) is 23.8 Å². The second-order valence-corrected chi connectivity index (χ2v) is 3.58. The molecule has 0 aromatic carbocycles. The summed E-state index contributed by atoms with van der Waals surface area (Å²) in [4.78, 5) is 13.8. The zero-order valence-electron chi connectivity index (χ0n) is 8.92. The van der Waals surface area contributed by atoms with Gasteiger partial charge in [0.15, 0.2) is 0 Å². The Hall–Kier alpha value is -1.67. The lowest BCUT2D eigenvalue weighted by Crippen LogP contribution is -2.23. The Labute approximate surface area is 99.5 Å². The number of carboxylic acid groups (broad SMARTS) is 1. The molecule has 5 nitrogen and oxygen atoms in total. The minimum absolute atomic E-state index is 0.432. The lowest BCUT2D eigenvalue weighted by Gasteiger charge is -2.16. The second kappa shape index (κ2) is 5.32. The van der Waals surface area contributed by atoms with E-state index in [1.807, 2.05) is 0 Å². The minimum Gasteiger partial charge on any atom is -0.481 e. The third-order valence-corrected chi connectivity index (χ3v) is 2.16. The van der Waals surface area contributed by atoms with Gasteiger partial charge in [-0.2, -0.15) is 13.2 Å². The van der Waals surface area contributed by atoms with Crippen molar-refractivity contribution in [3.63, 3.8) is 0 Å². The Bertz CT molecular complexity index is 435. The van der Waals surface area contributed by atoms with Crippen molar-refractivity contribution in [3.05, 3.63) is 29.6 Å². The topological polar surface area (TPSA) is 90.7 Å². The first-order valence-electron chi connectivity index (χ1n) is 4.83. The molecule has 1 aromatic rings. The standard InChI is InChI=1S/C10H10F3NO4/c11-10(12,13)5-1-2-14-6(3-5)9(18)7(15)4-8(16)17/h1-3,7,9,15,18H,4H2,(H,16,17). The van der Waals surface area contributed by atoms with Crippen molar-refractivity contribution in [2.75, 3.05) is 0 Å². The summed E-state index contributed by atoms with van der Waals surface area (Å²) >= 11 is 0. The molecular formula is C10H10F3NO4. The van der Waals surface area contributed by atoms with E-state index >= 15 is 0 Å². The minimum atomic E-state index is -4.60. The molecule has 8 heteroatoms. The van der Waals surface area contributed by atoms with Gasteiger partial charge in [-0.1, -0.05) is 0 Å². The highest BCUT2D eigenvalue weighted by Crippen LogP contribution is 2.30. The van der Waals surface area contributed by atoms with Crippen LogP contribution < -0.4 is 0 Å². The lowest BCUT2D eigenvalue weighted by molar-refractivity contribution is -0.141. The van der Waals surface area contributed by atoms with Gasteiger partial charge in [0.25, 0.3) is 0 Å². The van der Waals surface area contributed by atoms with Gasteiger partial charge in [0, 0.05) is 6.20 Å². The third kappa shape index (κ3) is 3.67. The molecule has 0 amide bonds. The van der Waals surface area contributed by atoms with E-state index in [1.54, 1.807) is 0 Å². The SMILES string of the molecule is O=C(O)CC(O)C(O)c1cc(C(F)(F)F)ccn1. The van der Waals surface area contributed by atoms with Crippen LogP contribution in [0.4, 0.5) is 13.2 Å². The number of nitrogens with zero attached hydrogens (tertiary/aromatic N) is 1. The monoisotopic (exact) mass is 265 g/mol. The number of alkyl halides is 3. The predicted octanol–water partition coefficient (Wildman–Crippen LogP) is 0.969. The molecule has 0 aliphatic carbocycles. The molecule has 0 fully saturated rings. The molecule has 0 saturated heterocycles. The number of aliphatic carboxylic acids is 1. The van der Waals surface area contributed by atoms with Gasteiger partial charge in [-0.3, -0.25) is 9.78 Å². The number of carboxylic acids is 1. The highest BCUT2D eigenvalue weighted by atomic mass is 19.4. The van der Waals surface area contributed by atoms with Crippen molar-refractivity contribution in [2.24, 2.45) is 0 Å². The van der Waals surface area contributed by atoms with Crippen LogP contribution in [-0.4, -0.2) is 32.4 Å². The van der Waals surface area contributed by atoms with Crippen molar-refractivity contribution >= 4 is 5.97 Å². The van der Waals surface area contributed by atoms with Gasteiger partial charge >= 0.3 is 12.1 Å². The number of halogens is 3. The van der Waals surface area contributed by atoms with Gasteiger partial charge in [-0.15, -0.1) is 0 Å². The van der Waals surface area contributed by atoms with Crippen molar-refractivity contribution in [1.82, 2.24) is 4.98 Å². The fraction of sp³-hybridized carbons (Fsp3) is 0.400. The number of aliphatic hydroxyl groups is 2. The molecule has 2 atom stereocenters. The van der Waals surface area contributed by atoms with Crippen LogP contribution in [0, 0.1) is 0 Å². The predicted molar refractivity (Wildman–Crippen MR) is 52.5 cm³/mol. The first kappa shape index (κ1) is 14.4. The van der Waals surface area contributed by atoms with Crippen LogP contribution >= 0.6 is 0 Å². The summed E-state index contributed by atoms with van der Waals surface area (Å²) in [6.07, 6.45) is -8.08. The van der Waals surface area contributed by atoms with E-state index in [0.717, 1.165) is 6.20 Å². The van der Waals surface area contributed by atoms with E-state index in [2.05, 4.69) is 4.98 Å². The maximum atomic E-state index is 12.4. The van der Waals surface area contributed by atoms with Crippen LogP contribution in [0.15, 0.2) is 18.3 Å². The van der Waals surface area contributed by atoms with E-state index in [-0.39, 0.29) is 0 Å². The summed E-state index contributed by atoms with van der Waals surface area (Å²) in [6.45, 7) is 0. The number of pyridine rings is 1. The molecule has 3 N–H and O–H groups in total. The number of aliphatic hydroxyl groups excluding tert-OH is 2. The van der Waals surface area contributed by atoms with Crippen LogP contribution in [-0.2, 0) is 11.0 Å². The van der Waals surface area contributed by atoms with Crippen molar-refractivity contribution in [2.45, 2.75) is 24.8 Å². The molecule has 18 heavy (non-hydrogen) atoms. The fourth-order valence-electron chi connectivity index (χ4n) is 1.27. The second-order valence-electron chi connectivity index (χ2n) is 3.58. The highest BCUT2D eigenvalue weighted by molar-refractivity contribution is 5.67. The van der Waals surface area contributed by atoms with Gasteiger partial charge in [0.05, 0.1) is 23.8 Å². The normalized spacial score (nSPS) is 15.2. The van der Waals surface area contributed by atoms with Gasteiger partial charge in [0.1, 0.15) is 6.10 Å². The van der Waals surface area contributed by atoms with E-state index in [4.69, 9.17) is 5.11 Å². The fourth-order valence-corrected chi connectivity index (χ4v) is 1.27. The molecule has 0 saturated carbocycles. The zero-order chi connectivity index (χ0) is 13.9.